The molecule has 0 aliphatic rings. The molecule has 0 unspecified atom stereocenters. The van der Waals surface area contributed by atoms with Gasteiger partial charge in [-0.1, -0.05) is 95.5 Å². The number of nitrogens with zero attached hydrogens (tertiary/aromatic N) is 2. The molecule has 10 heteroatoms. The molecule has 0 aliphatic carbocycles. The maximum atomic E-state index is 14.6. The Morgan fingerprint density at radius 3 is 2.02 bits per heavy atom. The Kier molecular flexibility index (Phi) is 11.2. The predicted molar refractivity (Wildman–Crippen MR) is 186 cm³/mol. The molecule has 0 fully saturated rings. The van der Waals surface area contributed by atoms with E-state index < -0.39 is 34.1 Å². The third-order valence-corrected chi connectivity index (χ3v) is 9.85. The first-order valence-corrected chi connectivity index (χ1v) is 17.1. The van der Waals surface area contributed by atoms with Gasteiger partial charge in [-0.05, 0) is 81.6 Å². The minimum Gasteiger partial charge on any atom is -0.350 e. The van der Waals surface area contributed by atoms with Crippen molar-refractivity contribution >= 4 is 50.7 Å². The minimum absolute atomic E-state index is 0.0170. The van der Waals surface area contributed by atoms with Gasteiger partial charge in [0.2, 0.25) is 11.8 Å². The number of aryl methyl sites for hydroxylation is 2. The zero-order valence-corrected chi connectivity index (χ0v) is 29.0. The second kappa shape index (κ2) is 14.7. The number of halogens is 2. The Balaban J connectivity index is 1.85. The number of benzene rings is 4. The van der Waals surface area contributed by atoms with E-state index in [-0.39, 0.29) is 23.8 Å². The van der Waals surface area contributed by atoms with Crippen molar-refractivity contribution in [1.29, 1.82) is 0 Å². The van der Waals surface area contributed by atoms with Crippen molar-refractivity contribution in [3.8, 4) is 0 Å². The van der Waals surface area contributed by atoms with Crippen LogP contribution in [0.5, 0.6) is 0 Å². The van der Waals surface area contributed by atoms with Gasteiger partial charge < -0.3 is 10.2 Å². The van der Waals surface area contributed by atoms with Crippen molar-refractivity contribution in [2.75, 3.05) is 10.8 Å². The van der Waals surface area contributed by atoms with E-state index >= 15 is 0 Å². The predicted octanol–water partition coefficient (Wildman–Crippen LogP) is 7.36. The van der Waals surface area contributed by atoms with E-state index in [1.807, 2.05) is 77.1 Å². The van der Waals surface area contributed by atoms with Crippen LogP contribution in [-0.4, -0.2) is 43.3 Å². The van der Waals surface area contributed by atoms with Crippen LogP contribution in [-0.2, 0) is 32.6 Å². The highest BCUT2D eigenvalue weighted by atomic mass is 35.5. The van der Waals surface area contributed by atoms with Crippen LogP contribution in [0, 0.1) is 13.8 Å². The summed E-state index contributed by atoms with van der Waals surface area (Å²) in [4.78, 5) is 30.1. The number of carbonyl (C=O) groups is 2. The molecule has 7 nitrogen and oxygen atoms in total. The highest BCUT2D eigenvalue weighted by Gasteiger charge is 2.36. The van der Waals surface area contributed by atoms with Gasteiger partial charge in [0.05, 0.1) is 20.6 Å². The van der Waals surface area contributed by atoms with Crippen molar-refractivity contribution < 1.29 is 18.0 Å². The first-order chi connectivity index (χ1) is 21.7. The minimum atomic E-state index is -4.19. The van der Waals surface area contributed by atoms with E-state index in [1.54, 1.807) is 42.5 Å². The maximum Gasteiger partial charge on any atom is 0.264 e. The third kappa shape index (κ3) is 8.90. The summed E-state index contributed by atoms with van der Waals surface area (Å²) in [5, 5.41) is 3.68. The van der Waals surface area contributed by atoms with Crippen LogP contribution >= 0.6 is 23.2 Å². The van der Waals surface area contributed by atoms with Crippen LogP contribution in [0.25, 0.3) is 0 Å². The van der Waals surface area contributed by atoms with E-state index in [0.717, 1.165) is 15.4 Å². The summed E-state index contributed by atoms with van der Waals surface area (Å²) in [7, 11) is -4.19. The molecule has 0 saturated heterocycles. The average Bonchev–Trinajstić information content (AvgIpc) is 2.99. The van der Waals surface area contributed by atoms with Gasteiger partial charge in [0.1, 0.15) is 12.6 Å². The topological polar surface area (TPSA) is 86.8 Å². The number of sulfonamides is 1. The Labute approximate surface area is 282 Å². The molecule has 4 aromatic carbocycles. The molecule has 0 radical (unpaired) electrons. The third-order valence-electron chi connectivity index (χ3n) is 7.34. The molecule has 2 amide bonds. The number of nitrogens with one attached hydrogen (secondary N) is 1. The summed E-state index contributed by atoms with van der Waals surface area (Å²) in [5.41, 5.74) is 2.89. The summed E-state index contributed by atoms with van der Waals surface area (Å²) < 4.78 is 29.5. The fraction of sp³-hybridized carbons (Fsp3) is 0.278. The maximum absolute atomic E-state index is 14.6. The van der Waals surface area contributed by atoms with E-state index in [9.17, 15) is 18.0 Å². The lowest BCUT2D eigenvalue weighted by Crippen LogP contribution is -2.56. The second-order valence-corrected chi connectivity index (χ2v) is 15.0. The van der Waals surface area contributed by atoms with Crippen LogP contribution in [0.15, 0.2) is 102 Å². The van der Waals surface area contributed by atoms with Gasteiger partial charge in [0.25, 0.3) is 10.0 Å². The monoisotopic (exact) mass is 679 g/mol. The lowest BCUT2D eigenvalue weighted by Gasteiger charge is -2.35. The van der Waals surface area contributed by atoms with Gasteiger partial charge in [0, 0.05) is 18.5 Å². The highest BCUT2D eigenvalue weighted by molar-refractivity contribution is 7.92. The van der Waals surface area contributed by atoms with Crippen molar-refractivity contribution in [2.24, 2.45) is 0 Å². The zero-order chi connectivity index (χ0) is 33.6. The number of anilines is 1. The summed E-state index contributed by atoms with van der Waals surface area (Å²) in [6.07, 6.45) is 0.199. The number of hydrogen-bond acceptors (Lipinski definition) is 4. The van der Waals surface area contributed by atoms with Gasteiger partial charge in [0.15, 0.2) is 0 Å². The van der Waals surface area contributed by atoms with E-state index in [2.05, 4.69) is 5.32 Å². The van der Waals surface area contributed by atoms with Gasteiger partial charge in [-0.3, -0.25) is 13.9 Å². The number of rotatable bonds is 11. The Hall–Kier alpha value is -3.85. The molecular formula is C36H39Cl2N3O4S. The van der Waals surface area contributed by atoms with E-state index in [1.165, 1.54) is 17.0 Å². The summed E-state index contributed by atoms with van der Waals surface area (Å²) in [6.45, 7) is 8.76. The molecule has 46 heavy (non-hydrogen) atoms. The first kappa shape index (κ1) is 35.0. The van der Waals surface area contributed by atoms with Gasteiger partial charge in [-0.2, -0.15) is 0 Å². The lowest BCUT2D eigenvalue weighted by molar-refractivity contribution is -0.140. The van der Waals surface area contributed by atoms with Crippen LogP contribution in [0.4, 0.5) is 5.69 Å². The number of hydrogen-bond donors (Lipinski definition) is 1. The normalized spacial score (nSPS) is 12.3. The van der Waals surface area contributed by atoms with Crippen molar-refractivity contribution in [3.63, 3.8) is 0 Å². The van der Waals surface area contributed by atoms with Crippen LogP contribution in [0.3, 0.4) is 0 Å². The molecule has 1 atom stereocenters. The molecule has 1 N–H and O–H groups in total. The molecule has 4 aromatic rings. The van der Waals surface area contributed by atoms with Gasteiger partial charge in [-0.15, -0.1) is 0 Å². The lowest BCUT2D eigenvalue weighted by atomic mass is 10.0. The molecule has 0 aromatic heterocycles. The molecular weight excluding hydrogens is 641 g/mol. The molecule has 0 spiro atoms. The number of carbonyl (C=O) groups excluding carboxylic acids is 2. The van der Waals surface area contributed by atoms with E-state index in [0.29, 0.717) is 26.9 Å². The standard InChI is InChI=1S/C36H39Cl2N3O4S/c1-25-16-19-32(26(2)20-25)41(46(44,45)29-14-10-7-11-15-29)24-34(42)40(23-28-17-18-30(37)31(38)21-28)33(35(43)39-36(3,4)5)22-27-12-8-6-9-13-27/h6-21,33H,22-24H2,1-5H3,(H,39,43)/t33-/m1/s1. The number of amides is 2. The Morgan fingerprint density at radius 2 is 1.43 bits per heavy atom. The quantitative estimate of drug-likeness (QED) is 0.179. The summed E-state index contributed by atoms with van der Waals surface area (Å²) in [5.74, 6) is -0.927. The average molecular weight is 681 g/mol. The fourth-order valence-electron chi connectivity index (χ4n) is 5.16. The van der Waals surface area contributed by atoms with Gasteiger partial charge in [-0.25, -0.2) is 8.42 Å². The van der Waals surface area contributed by atoms with E-state index in [4.69, 9.17) is 23.2 Å². The summed E-state index contributed by atoms with van der Waals surface area (Å²) in [6, 6.07) is 26.8. The van der Waals surface area contributed by atoms with Crippen LogP contribution in [0.2, 0.25) is 10.0 Å². The second-order valence-electron chi connectivity index (χ2n) is 12.3. The zero-order valence-electron chi connectivity index (χ0n) is 26.6. The van der Waals surface area contributed by atoms with Crippen molar-refractivity contribution in [1.82, 2.24) is 10.2 Å². The smallest absolute Gasteiger partial charge is 0.264 e. The molecule has 242 valence electrons. The van der Waals surface area contributed by atoms with Crippen LogP contribution < -0.4 is 9.62 Å². The summed E-state index contributed by atoms with van der Waals surface area (Å²) >= 11 is 12.5. The molecule has 4 rings (SSSR count). The molecule has 0 bridgehead atoms. The highest BCUT2D eigenvalue weighted by Crippen LogP contribution is 2.29. The molecule has 0 saturated carbocycles. The van der Waals surface area contributed by atoms with Crippen LogP contribution in [0.1, 0.15) is 43.0 Å². The largest absolute Gasteiger partial charge is 0.350 e. The molecule has 0 heterocycles. The van der Waals surface area contributed by atoms with Gasteiger partial charge >= 0.3 is 0 Å². The van der Waals surface area contributed by atoms with Crippen molar-refractivity contribution in [3.05, 3.63) is 129 Å². The SMILES string of the molecule is Cc1ccc(N(CC(=O)N(Cc2ccc(Cl)c(Cl)c2)[C@H](Cc2ccccc2)C(=O)NC(C)(C)C)S(=O)(=O)c2ccccc2)c(C)c1. The molecule has 0 aliphatic heterocycles. The van der Waals surface area contributed by atoms with Crippen molar-refractivity contribution in [2.45, 2.75) is 64.1 Å². The first-order valence-electron chi connectivity index (χ1n) is 14.9. The fourth-order valence-corrected chi connectivity index (χ4v) is 6.98. The Bertz CT molecular complexity index is 1790. The Morgan fingerprint density at radius 1 is 0.804 bits per heavy atom.